The molecule has 0 unspecified atom stereocenters. The molecule has 2 aromatic rings. The monoisotopic (exact) mass is 250 g/mol. The van der Waals surface area contributed by atoms with Crippen molar-refractivity contribution >= 4 is 11.8 Å². The van der Waals surface area contributed by atoms with Crippen LogP contribution in [-0.2, 0) is 5.75 Å². The molecule has 1 heterocycles. The van der Waals surface area contributed by atoms with Crippen molar-refractivity contribution < 1.29 is 9.63 Å². The Morgan fingerprint density at radius 1 is 1.47 bits per heavy atom. The highest BCUT2D eigenvalue weighted by molar-refractivity contribution is 7.98. The average Bonchev–Trinajstić information content (AvgIpc) is 2.75. The summed E-state index contributed by atoms with van der Waals surface area (Å²) < 4.78 is 4.91. The largest absolute Gasteiger partial charge is 0.384 e. The van der Waals surface area contributed by atoms with Crippen molar-refractivity contribution in [3.05, 3.63) is 41.5 Å². The van der Waals surface area contributed by atoms with Crippen molar-refractivity contribution in [3.63, 3.8) is 0 Å². The second-order valence-corrected chi connectivity index (χ2v) is 4.88. The van der Waals surface area contributed by atoms with Crippen molar-refractivity contribution in [1.29, 1.82) is 0 Å². The van der Waals surface area contributed by atoms with E-state index < -0.39 is 6.10 Å². The van der Waals surface area contributed by atoms with Crippen LogP contribution >= 0.6 is 11.8 Å². The Morgan fingerprint density at radius 3 is 2.94 bits per heavy atom. The van der Waals surface area contributed by atoms with E-state index in [0.29, 0.717) is 11.6 Å². The van der Waals surface area contributed by atoms with Crippen LogP contribution in [0.15, 0.2) is 33.7 Å². The van der Waals surface area contributed by atoms with Gasteiger partial charge in [-0.05, 0) is 26.0 Å². The molecule has 4 nitrogen and oxygen atoms in total. The molecule has 17 heavy (non-hydrogen) atoms. The molecule has 0 saturated carbocycles. The van der Waals surface area contributed by atoms with Gasteiger partial charge in [-0.3, -0.25) is 0 Å². The second kappa shape index (κ2) is 5.33. The fraction of sp³-hybridized carbons (Fsp3) is 0.333. The number of nitrogens with zero attached hydrogens (tertiary/aromatic N) is 2. The van der Waals surface area contributed by atoms with Crippen molar-refractivity contribution in [3.8, 4) is 0 Å². The Bertz CT molecular complexity index is 497. The van der Waals surface area contributed by atoms with E-state index in [1.165, 1.54) is 10.5 Å². The predicted molar refractivity (Wildman–Crippen MR) is 65.7 cm³/mol. The maximum Gasteiger partial charge on any atom is 0.255 e. The van der Waals surface area contributed by atoms with E-state index in [1.807, 2.05) is 12.1 Å². The Kier molecular flexibility index (Phi) is 3.81. The Balaban J connectivity index is 1.97. The third-order valence-electron chi connectivity index (χ3n) is 2.20. The zero-order valence-electron chi connectivity index (χ0n) is 9.75. The maximum absolute atomic E-state index is 9.26. The Labute approximate surface area is 104 Å². The van der Waals surface area contributed by atoms with Crippen LogP contribution < -0.4 is 0 Å². The molecule has 2 rings (SSSR count). The van der Waals surface area contributed by atoms with Crippen molar-refractivity contribution in [2.45, 2.75) is 30.6 Å². The van der Waals surface area contributed by atoms with Crippen molar-refractivity contribution in [2.75, 3.05) is 0 Å². The minimum atomic E-state index is -0.708. The van der Waals surface area contributed by atoms with E-state index in [2.05, 4.69) is 29.2 Å². The minimum absolute atomic E-state index is 0.268. The second-order valence-electron chi connectivity index (χ2n) is 3.83. The number of aromatic nitrogens is 2. The van der Waals surface area contributed by atoms with Gasteiger partial charge in [0.2, 0.25) is 0 Å². The number of thioether (sulfide) groups is 1. The molecule has 0 fully saturated rings. The van der Waals surface area contributed by atoms with E-state index in [0.717, 1.165) is 0 Å². The summed E-state index contributed by atoms with van der Waals surface area (Å²) in [6.07, 6.45) is -0.708. The number of aliphatic hydroxyl groups excluding tert-OH is 1. The van der Waals surface area contributed by atoms with Gasteiger partial charge in [-0.2, -0.15) is 4.98 Å². The molecule has 0 aliphatic rings. The zero-order valence-corrected chi connectivity index (χ0v) is 10.6. The summed E-state index contributed by atoms with van der Waals surface area (Å²) in [4.78, 5) is 5.27. The third-order valence-corrected chi connectivity index (χ3v) is 3.19. The lowest BCUT2D eigenvalue weighted by Crippen LogP contribution is -1.91. The lowest BCUT2D eigenvalue weighted by Gasteiger charge is -1.99. The lowest BCUT2D eigenvalue weighted by molar-refractivity contribution is 0.151. The number of hydrogen-bond donors (Lipinski definition) is 1. The smallest absolute Gasteiger partial charge is 0.255 e. The number of hydrogen-bond acceptors (Lipinski definition) is 5. The van der Waals surface area contributed by atoms with E-state index in [9.17, 15) is 5.11 Å². The standard InChI is InChI=1S/C12H14N2O2S/c1-8-4-3-5-10(6-8)17-7-11-13-12(9(2)15)16-14-11/h3-6,9,15H,7H2,1-2H3/t9-/m0/s1. The molecule has 1 atom stereocenters. The maximum atomic E-state index is 9.26. The molecule has 0 aliphatic heterocycles. The summed E-state index contributed by atoms with van der Waals surface area (Å²) >= 11 is 1.65. The minimum Gasteiger partial charge on any atom is -0.384 e. The number of rotatable bonds is 4. The van der Waals surface area contributed by atoms with Gasteiger partial charge in [0.25, 0.3) is 5.89 Å². The van der Waals surface area contributed by atoms with Gasteiger partial charge in [-0.15, -0.1) is 11.8 Å². The van der Waals surface area contributed by atoms with Crippen molar-refractivity contribution in [1.82, 2.24) is 10.1 Å². The lowest BCUT2D eigenvalue weighted by atomic mass is 10.2. The SMILES string of the molecule is Cc1cccc(SCc2noc([C@H](C)O)n2)c1. The van der Waals surface area contributed by atoms with Crippen LogP contribution in [0.1, 0.15) is 30.3 Å². The third kappa shape index (κ3) is 3.31. The van der Waals surface area contributed by atoms with Crippen LogP contribution in [0, 0.1) is 6.92 Å². The summed E-state index contributed by atoms with van der Waals surface area (Å²) in [6, 6.07) is 8.24. The first-order valence-corrected chi connectivity index (χ1v) is 6.34. The molecule has 1 N–H and O–H groups in total. The molecule has 0 aliphatic carbocycles. The first-order chi connectivity index (χ1) is 8.15. The van der Waals surface area contributed by atoms with E-state index in [4.69, 9.17) is 4.52 Å². The number of aryl methyl sites for hydroxylation is 1. The van der Waals surface area contributed by atoms with Crippen LogP contribution in [0.3, 0.4) is 0 Å². The van der Waals surface area contributed by atoms with E-state index in [-0.39, 0.29) is 5.89 Å². The van der Waals surface area contributed by atoms with Crippen LogP contribution in [-0.4, -0.2) is 15.2 Å². The molecular weight excluding hydrogens is 236 g/mol. The van der Waals surface area contributed by atoms with Gasteiger partial charge in [-0.1, -0.05) is 22.9 Å². The summed E-state index contributed by atoms with van der Waals surface area (Å²) in [5.41, 5.74) is 1.23. The van der Waals surface area contributed by atoms with E-state index >= 15 is 0 Å². The predicted octanol–water partition coefficient (Wildman–Crippen LogP) is 2.72. The Hall–Kier alpha value is -1.33. The summed E-state index contributed by atoms with van der Waals surface area (Å²) in [5, 5.41) is 13.1. The van der Waals surface area contributed by atoms with Gasteiger partial charge in [-0.25, -0.2) is 0 Å². The molecule has 0 radical (unpaired) electrons. The molecule has 1 aromatic carbocycles. The molecule has 1 aromatic heterocycles. The van der Waals surface area contributed by atoms with E-state index in [1.54, 1.807) is 18.7 Å². The normalized spacial score (nSPS) is 12.6. The average molecular weight is 250 g/mol. The summed E-state index contributed by atoms with van der Waals surface area (Å²) in [5.74, 6) is 1.51. The quantitative estimate of drug-likeness (QED) is 0.845. The zero-order chi connectivity index (χ0) is 12.3. The summed E-state index contributed by atoms with van der Waals surface area (Å²) in [6.45, 7) is 3.66. The number of aliphatic hydroxyl groups is 1. The van der Waals surface area contributed by atoms with Crippen LogP contribution in [0.2, 0.25) is 0 Å². The fourth-order valence-electron chi connectivity index (χ4n) is 1.35. The van der Waals surface area contributed by atoms with Crippen molar-refractivity contribution in [2.24, 2.45) is 0 Å². The first kappa shape index (κ1) is 12.1. The van der Waals surface area contributed by atoms with Gasteiger partial charge < -0.3 is 9.63 Å². The molecule has 90 valence electrons. The van der Waals surface area contributed by atoms with Gasteiger partial charge in [0.15, 0.2) is 5.82 Å². The van der Waals surface area contributed by atoms with Gasteiger partial charge >= 0.3 is 0 Å². The van der Waals surface area contributed by atoms with Crippen LogP contribution in [0.5, 0.6) is 0 Å². The van der Waals surface area contributed by atoms with Crippen LogP contribution in [0.25, 0.3) is 0 Å². The fourth-order valence-corrected chi connectivity index (χ4v) is 2.21. The topological polar surface area (TPSA) is 59.2 Å². The molecule has 0 spiro atoms. The highest BCUT2D eigenvalue weighted by Gasteiger charge is 2.11. The Morgan fingerprint density at radius 2 is 2.29 bits per heavy atom. The molecule has 0 bridgehead atoms. The van der Waals surface area contributed by atoms with Crippen LogP contribution in [0.4, 0.5) is 0 Å². The highest BCUT2D eigenvalue weighted by atomic mass is 32.2. The summed E-state index contributed by atoms with van der Waals surface area (Å²) in [7, 11) is 0. The highest BCUT2D eigenvalue weighted by Crippen LogP contribution is 2.22. The van der Waals surface area contributed by atoms with Gasteiger partial charge in [0, 0.05) is 4.90 Å². The number of benzene rings is 1. The molecular formula is C12H14N2O2S. The molecule has 5 heteroatoms. The molecule has 0 saturated heterocycles. The van der Waals surface area contributed by atoms with Gasteiger partial charge in [0.1, 0.15) is 6.10 Å². The first-order valence-electron chi connectivity index (χ1n) is 5.35. The van der Waals surface area contributed by atoms with Gasteiger partial charge in [0.05, 0.1) is 5.75 Å². The molecule has 0 amide bonds.